The standard InChI is InChI=1S/C28H42N4O3/c1-18(2)16-23(30-25(33)19-10-11-20(17-19)29-5)26(34)31-14-12-21(13-15-31)32-24-9-7-6-8-22(24)28(3,4)27(32)35/h6-9,18-21,23,29H,10-17H2,1-5H3,(H,30,33)/t19-,20+,23?/m0/s1. The molecule has 1 saturated heterocycles. The molecule has 2 heterocycles. The number of nitrogens with one attached hydrogen (secondary N) is 2. The topological polar surface area (TPSA) is 81.8 Å². The summed E-state index contributed by atoms with van der Waals surface area (Å²) < 4.78 is 0. The normalized spacial score (nSPS) is 25.1. The zero-order chi connectivity index (χ0) is 25.3. The van der Waals surface area contributed by atoms with Crippen molar-refractivity contribution in [3.8, 4) is 0 Å². The van der Waals surface area contributed by atoms with E-state index < -0.39 is 11.5 Å². The van der Waals surface area contributed by atoms with Gasteiger partial charge in [0.15, 0.2) is 0 Å². The second-order valence-electron chi connectivity index (χ2n) is 11.6. The molecule has 1 unspecified atom stereocenters. The van der Waals surface area contributed by atoms with Crippen LogP contribution in [0.1, 0.15) is 71.8 Å². The van der Waals surface area contributed by atoms with Crippen LogP contribution < -0.4 is 15.5 Å². The number of benzene rings is 1. The smallest absolute Gasteiger partial charge is 0.245 e. The molecule has 1 aromatic carbocycles. The van der Waals surface area contributed by atoms with Crippen LogP contribution in [0.15, 0.2) is 24.3 Å². The Morgan fingerprint density at radius 3 is 2.40 bits per heavy atom. The van der Waals surface area contributed by atoms with Gasteiger partial charge in [-0.05, 0) is 77.0 Å². The number of anilines is 1. The van der Waals surface area contributed by atoms with Gasteiger partial charge in [0.25, 0.3) is 0 Å². The first-order chi connectivity index (χ1) is 16.6. The summed E-state index contributed by atoms with van der Waals surface area (Å²) in [7, 11) is 1.94. The van der Waals surface area contributed by atoms with Gasteiger partial charge in [-0.2, -0.15) is 0 Å². The molecule has 1 aliphatic carbocycles. The lowest BCUT2D eigenvalue weighted by atomic mass is 9.86. The molecule has 0 spiro atoms. The van der Waals surface area contributed by atoms with E-state index in [1.54, 1.807) is 0 Å². The Kier molecular flexibility index (Phi) is 7.55. The van der Waals surface area contributed by atoms with E-state index in [1.807, 2.05) is 55.0 Å². The van der Waals surface area contributed by atoms with E-state index in [1.165, 1.54) is 0 Å². The molecule has 1 saturated carbocycles. The van der Waals surface area contributed by atoms with Gasteiger partial charge in [0.05, 0.1) is 5.41 Å². The number of hydrogen-bond donors (Lipinski definition) is 2. The number of carbonyl (C=O) groups excluding carboxylic acids is 3. The maximum Gasteiger partial charge on any atom is 0.245 e. The van der Waals surface area contributed by atoms with Crippen molar-refractivity contribution in [1.82, 2.24) is 15.5 Å². The minimum absolute atomic E-state index is 0.0122. The van der Waals surface area contributed by atoms with Gasteiger partial charge in [-0.25, -0.2) is 0 Å². The molecule has 1 aromatic rings. The molecule has 2 fully saturated rings. The lowest BCUT2D eigenvalue weighted by Crippen LogP contribution is -2.55. The van der Waals surface area contributed by atoms with E-state index in [2.05, 4.69) is 24.5 Å². The molecule has 35 heavy (non-hydrogen) atoms. The van der Waals surface area contributed by atoms with Gasteiger partial charge < -0.3 is 20.4 Å². The van der Waals surface area contributed by atoms with Crippen molar-refractivity contribution in [1.29, 1.82) is 0 Å². The maximum atomic E-state index is 13.5. The zero-order valence-corrected chi connectivity index (χ0v) is 22.0. The van der Waals surface area contributed by atoms with Crippen molar-refractivity contribution in [3.05, 3.63) is 29.8 Å². The molecule has 192 valence electrons. The molecule has 7 heteroatoms. The van der Waals surface area contributed by atoms with Crippen molar-refractivity contribution in [3.63, 3.8) is 0 Å². The fourth-order valence-corrected chi connectivity index (χ4v) is 6.13. The molecular weight excluding hydrogens is 440 g/mol. The summed E-state index contributed by atoms with van der Waals surface area (Å²) >= 11 is 0. The number of nitrogens with zero attached hydrogens (tertiary/aromatic N) is 2. The van der Waals surface area contributed by atoms with Crippen LogP contribution in [0.3, 0.4) is 0 Å². The first-order valence-electron chi connectivity index (χ1n) is 13.3. The molecule has 2 aliphatic heterocycles. The highest BCUT2D eigenvalue weighted by Crippen LogP contribution is 2.43. The molecule has 0 bridgehead atoms. The number of likely N-dealkylation sites (tertiary alicyclic amines) is 1. The van der Waals surface area contributed by atoms with Gasteiger partial charge in [-0.1, -0.05) is 32.0 Å². The maximum absolute atomic E-state index is 13.5. The van der Waals surface area contributed by atoms with E-state index >= 15 is 0 Å². The molecule has 3 atom stereocenters. The summed E-state index contributed by atoms with van der Waals surface area (Å²) in [5.74, 6) is 0.451. The van der Waals surface area contributed by atoms with Crippen LogP contribution in [-0.2, 0) is 19.8 Å². The average molecular weight is 483 g/mol. The third-order valence-electron chi connectivity index (χ3n) is 8.27. The lowest BCUT2D eigenvalue weighted by molar-refractivity contribution is -0.138. The van der Waals surface area contributed by atoms with Gasteiger partial charge in [0.2, 0.25) is 17.7 Å². The predicted octanol–water partition coefficient (Wildman–Crippen LogP) is 3.22. The van der Waals surface area contributed by atoms with Crippen molar-refractivity contribution in [2.75, 3.05) is 25.0 Å². The molecule has 0 radical (unpaired) electrons. The third-order valence-corrected chi connectivity index (χ3v) is 8.27. The highest BCUT2D eigenvalue weighted by molar-refractivity contribution is 6.08. The Morgan fingerprint density at radius 2 is 1.77 bits per heavy atom. The van der Waals surface area contributed by atoms with E-state index in [-0.39, 0.29) is 29.7 Å². The number of carbonyl (C=O) groups is 3. The van der Waals surface area contributed by atoms with Gasteiger partial charge >= 0.3 is 0 Å². The average Bonchev–Trinajstić information content (AvgIpc) is 3.40. The van der Waals surface area contributed by atoms with Crippen LogP contribution in [-0.4, -0.2) is 60.9 Å². The molecule has 2 N–H and O–H groups in total. The number of rotatable bonds is 7. The van der Waals surface area contributed by atoms with Gasteiger partial charge in [0.1, 0.15) is 6.04 Å². The summed E-state index contributed by atoms with van der Waals surface area (Å²) in [5.41, 5.74) is 1.56. The lowest BCUT2D eigenvalue weighted by Gasteiger charge is -2.39. The molecule has 7 nitrogen and oxygen atoms in total. The first kappa shape index (κ1) is 25.7. The van der Waals surface area contributed by atoms with Gasteiger partial charge in [0, 0.05) is 36.8 Å². The first-order valence-corrected chi connectivity index (χ1v) is 13.3. The minimum atomic E-state index is -0.525. The number of piperidine rings is 1. The van der Waals surface area contributed by atoms with Gasteiger partial charge in [-0.15, -0.1) is 0 Å². The van der Waals surface area contributed by atoms with Crippen LogP contribution in [0, 0.1) is 11.8 Å². The Morgan fingerprint density at radius 1 is 1.09 bits per heavy atom. The number of hydrogen-bond acceptors (Lipinski definition) is 4. The van der Waals surface area contributed by atoms with E-state index in [0.717, 1.165) is 43.4 Å². The van der Waals surface area contributed by atoms with Crippen LogP contribution in [0.4, 0.5) is 5.69 Å². The highest BCUT2D eigenvalue weighted by Gasteiger charge is 2.47. The van der Waals surface area contributed by atoms with Crippen molar-refractivity contribution in [2.24, 2.45) is 11.8 Å². The van der Waals surface area contributed by atoms with Gasteiger partial charge in [-0.3, -0.25) is 14.4 Å². The fourth-order valence-electron chi connectivity index (χ4n) is 6.13. The summed E-state index contributed by atoms with van der Waals surface area (Å²) in [6.45, 7) is 9.37. The van der Waals surface area contributed by atoms with Crippen LogP contribution >= 0.6 is 0 Å². The Balaban J connectivity index is 1.39. The molecular formula is C28H42N4O3. The summed E-state index contributed by atoms with van der Waals surface area (Å²) in [6, 6.07) is 8.05. The molecule has 3 amide bonds. The number of amides is 3. The van der Waals surface area contributed by atoms with Crippen LogP contribution in [0.25, 0.3) is 0 Å². The van der Waals surface area contributed by atoms with Crippen LogP contribution in [0.2, 0.25) is 0 Å². The summed E-state index contributed by atoms with van der Waals surface area (Å²) in [6.07, 6.45) is 4.83. The Labute approximate surface area is 210 Å². The van der Waals surface area contributed by atoms with Crippen molar-refractivity contribution in [2.45, 2.75) is 89.8 Å². The Hall–Kier alpha value is -2.41. The van der Waals surface area contributed by atoms with E-state index in [4.69, 9.17) is 0 Å². The third kappa shape index (κ3) is 5.11. The molecule has 3 aliphatic rings. The minimum Gasteiger partial charge on any atom is -0.344 e. The van der Waals surface area contributed by atoms with Crippen molar-refractivity contribution >= 4 is 23.4 Å². The Bertz CT molecular complexity index is 951. The number of para-hydroxylation sites is 1. The van der Waals surface area contributed by atoms with E-state index in [9.17, 15) is 14.4 Å². The molecule has 0 aromatic heterocycles. The predicted molar refractivity (Wildman–Crippen MR) is 138 cm³/mol. The second kappa shape index (κ2) is 10.3. The number of fused-ring (bicyclic) bond motifs is 1. The summed E-state index contributed by atoms with van der Waals surface area (Å²) in [5, 5.41) is 6.37. The largest absolute Gasteiger partial charge is 0.344 e. The molecule has 4 rings (SSSR count). The SMILES string of the molecule is CN[C@@H]1CC[C@H](C(=O)NC(CC(C)C)C(=O)N2CCC(N3C(=O)C(C)(C)c4ccccc43)CC2)C1. The van der Waals surface area contributed by atoms with Crippen molar-refractivity contribution < 1.29 is 14.4 Å². The highest BCUT2D eigenvalue weighted by atomic mass is 16.2. The van der Waals surface area contributed by atoms with E-state index in [0.29, 0.717) is 31.5 Å². The fraction of sp³-hybridized carbons (Fsp3) is 0.679. The monoisotopic (exact) mass is 482 g/mol. The second-order valence-corrected chi connectivity index (χ2v) is 11.6. The summed E-state index contributed by atoms with van der Waals surface area (Å²) in [4.78, 5) is 43.7. The van der Waals surface area contributed by atoms with Crippen LogP contribution in [0.5, 0.6) is 0 Å². The quantitative estimate of drug-likeness (QED) is 0.625. The zero-order valence-electron chi connectivity index (χ0n) is 22.0.